The van der Waals surface area contributed by atoms with Crippen molar-refractivity contribution in [2.24, 2.45) is 5.92 Å². The van der Waals surface area contributed by atoms with E-state index in [0.717, 1.165) is 82.0 Å². The highest BCUT2D eigenvalue weighted by molar-refractivity contribution is 6.37. The second kappa shape index (κ2) is 17.8. The number of carbonyl (C=O) groups is 4. The number of hydrogen-bond acceptors (Lipinski definition) is 13. The molecule has 0 aliphatic carbocycles. The summed E-state index contributed by atoms with van der Waals surface area (Å²) < 4.78 is 17.4. The second-order valence-corrected chi connectivity index (χ2v) is 17.8. The van der Waals surface area contributed by atoms with E-state index in [1.165, 1.54) is 13.3 Å². The fourth-order valence-electron chi connectivity index (χ4n) is 10.0. The number of aromatic nitrogens is 1. The number of ether oxygens (including phenoxy) is 3. The molecule has 4 amide bonds. The largest absolute Gasteiger partial charge is 0.495 e. The Bertz CT molecular complexity index is 2530. The second-order valence-electron chi connectivity index (χ2n) is 16.9. The summed E-state index contributed by atoms with van der Waals surface area (Å²) in [5.74, 6) is 0.223. The van der Waals surface area contributed by atoms with Crippen LogP contribution >= 0.6 is 23.2 Å². The van der Waals surface area contributed by atoms with Crippen molar-refractivity contribution >= 4 is 74.8 Å². The van der Waals surface area contributed by atoms with Crippen molar-refractivity contribution in [2.75, 3.05) is 70.3 Å². The number of benzene rings is 3. The predicted octanol–water partition coefficient (Wildman–Crippen LogP) is 6.41. The Balaban J connectivity index is 0.755. The molecule has 6 heterocycles. The number of nitriles is 1. The van der Waals surface area contributed by atoms with Crippen LogP contribution < -0.4 is 29.7 Å². The van der Waals surface area contributed by atoms with Crippen LogP contribution in [-0.4, -0.2) is 122 Å². The summed E-state index contributed by atoms with van der Waals surface area (Å²) in [6.45, 7) is 6.49. The summed E-state index contributed by atoms with van der Waals surface area (Å²) in [6, 6.07) is 14.3. The molecule has 0 radical (unpaired) electrons. The van der Waals surface area contributed by atoms with Crippen molar-refractivity contribution in [1.82, 2.24) is 25.0 Å². The number of likely N-dealkylation sites (tertiary alicyclic amines) is 2. The van der Waals surface area contributed by atoms with E-state index in [4.69, 9.17) is 37.4 Å². The molecule has 3 unspecified atom stereocenters. The van der Waals surface area contributed by atoms with Crippen LogP contribution in [0.15, 0.2) is 48.7 Å². The first kappa shape index (κ1) is 42.6. The molecule has 17 heteroatoms. The quantitative estimate of drug-likeness (QED) is 0.112. The number of amides is 4. The lowest BCUT2D eigenvalue weighted by atomic mass is 9.95. The molecule has 2 N–H and O–H groups in total. The molecule has 4 aromatic rings. The SMILES string of the molecule is COc1cc(Nc2c(C#N)cnc3cc(OCCCN4CCC(CN5CC6CCC(C5)N6c5ccc6c(c5)C(=O)N(C5CCC(=O)NC5=O)C6=O)CC4)c(OC)cc23)c(Cl)cc1Cl. The highest BCUT2D eigenvalue weighted by atomic mass is 35.5. The van der Waals surface area contributed by atoms with Gasteiger partial charge in [-0.15, -0.1) is 0 Å². The summed E-state index contributed by atoms with van der Waals surface area (Å²) in [6.07, 6.45) is 7.02. The number of pyridine rings is 1. The van der Waals surface area contributed by atoms with Crippen molar-refractivity contribution < 1.29 is 33.4 Å². The van der Waals surface area contributed by atoms with E-state index < -0.39 is 23.8 Å². The van der Waals surface area contributed by atoms with E-state index in [9.17, 15) is 24.4 Å². The number of fused-ring (bicyclic) bond motifs is 4. The van der Waals surface area contributed by atoms with Crippen LogP contribution in [0.25, 0.3) is 10.9 Å². The minimum absolute atomic E-state index is 0.0934. The van der Waals surface area contributed by atoms with Crippen LogP contribution in [0.5, 0.6) is 17.2 Å². The van der Waals surface area contributed by atoms with Gasteiger partial charge in [0.05, 0.1) is 64.5 Å². The van der Waals surface area contributed by atoms with Gasteiger partial charge in [0.25, 0.3) is 11.8 Å². The molecule has 4 fully saturated rings. The van der Waals surface area contributed by atoms with Gasteiger partial charge in [0, 0.05) is 74.1 Å². The van der Waals surface area contributed by atoms with Crippen molar-refractivity contribution in [3.05, 3.63) is 75.4 Å². The molecule has 9 rings (SSSR count). The monoisotopic (exact) mass is 894 g/mol. The molecule has 2 bridgehead atoms. The molecule has 63 heavy (non-hydrogen) atoms. The molecule has 5 aliphatic heterocycles. The average molecular weight is 896 g/mol. The smallest absolute Gasteiger partial charge is 0.262 e. The zero-order valence-electron chi connectivity index (χ0n) is 35.1. The van der Waals surface area contributed by atoms with Crippen LogP contribution in [0.4, 0.5) is 17.1 Å². The van der Waals surface area contributed by atoms with E-state index >= 15 is 0 Å². The number of rotatable bonds is 13. The minimum Gasteiger partial charge on any atom is -0.495 e. The topological polar surface area (TPSA) is 170 Å². The van der Waals surface area contributed by atoms with Gasteiger partial charge < -0.3 is 29.3 Å². The number of hydrogen-bond donors (Lipinski definition) is 2. The number of piperidine rings is 2. The number of nitrogens with one attached hydrogen (secondary N) is 2. The summed E-state index contributed by atoms with van der Waals surface area (Å²) in [5.41, 5.74) is 3.58. The third-order valence-corrected chi connectivity index (χ3v) is 13.8. The summed E-state index contributed by atoms with van der Waals surface area (Å²) in [5, 5.41) is 16.9. The Morgan fingerprint density at radius 2 is 1.60 bits per heavy atom. The summed E-state index contributed by atoms with van der Waals surface area (Å²) in [7, 11) is 3.10. The van der Waals surface area contributed by atoms with Gasteiger partial charge >= 0.3 is 0 Å². The lowest BCUT2D eigenvalue weighted by Crippen LogP contribution is -2.55. The normalized spacial score (nSPS) is 21.7. The Morgan fingerprint density at radius 1 is 0.857 bits per heavy atom. The van der Waals surface area contributed by atoms with Crippen LogP contribution in [0, 0.1) is 17.2 Å². The number of anilines is 3. The number of halogens is 2. The van der Waals surface area contributed by atoms with Crippen LogP contribution in [-0.2, 0) is 9.59 Å². The van der Waals surface area contributed by atoms with E-state index in [1.54, 1.807) is 25.3 Å². The fourth-order valence-corrected chi connectivity index (χ4v) is 10.5. The van der Waals surface area contributed by atoms with E-state index in [1.807, 2.05) is 24.3 Å². The first-order chi connectivity index (χ1) is 30.5. The number of methoxy groups -OCH3 is 2. The average Bonchev–Trinajstić information content (AvgIpc) is 3.69. The lowest BCUT2D eigenvalue weighted by molar-refractivity contribution is -0.136. The van der Waals surface area contributed by atoms with Gasteiger partial charge in [0.1, 0.15) is 17.9 Å². The van der Waals surface area contributed by atoms with Gasteiger partial charge in [0.2, 0.25) is 11.8 Å². The number of piperazine rings is 1. The molecule has 3 aromatic carbocycles. The highest BCUT2D eigenvalue weighted by Crippen LogP contribution is 2.42. The molecule has 0 saturated carbocycles. The summed E-state index contributed by atoms with van der Waals surface area (Å²) >= 11 is 12.8. The van der Waals surface area contributed by atoms with Crippen molar-refractivity contribution in [1.29, 1.82) is 5.26 Å². The first-order valence-electron chi connectivity index (χ1n) is 21.5. The van der Waals surface area contributed by atoms with E-state index in [0.29, 0.717) is 90.9 Å². The third kappa shape index (κ3) is 8.33. The van der Waals surface area contributed by atoms with Gasteiger partial charge in [-0.2, -0.15) is 5.26 Å². The number of imide groups is 2. The van der Waals surface area contributed by atoms with E-state index in [-0.39, 0.29) is 18.7 Å². The van der Waals surface area contributed by atoms with Crippen LogP contribution in [0.1, 0.15) is 71.2 Å². The Hall–Kier alpha value is -5.66. The fraction of sp³-hybridized carbons (Fsp3) is 0.435. The lowest BCUT2D eigenvalue weighted by Gasteiger charge is -2.44. The molecule has 15 nitrogen and oxygen atoms in total. The zero-order valence-corrected chi connectivity index (χ0v) is 36.6. The van der Waals surface area contributed by atoms with Crippen molar-refractivity contribution in [2.45, 2.75) is 63.1 Å². The van der Waals surface area contributed by atoms with Gasteiger partial charge in [-0.05, 0) is 87.9 Å². The van der Waals surface area contributed by atoms with Gasteiger partial charge in [-0.25, -0.2) is 0 Å². The molecule has 0 spiro atoms. The molecule has 3 atom stereocenters. The molecular formula is C46H48Cl2N8O7. The maximum atomic E-state index is 13.5. The Labute approximate surface area is 375 Å². The van der Waals surface area contributed by atoms with E-state index in [2.05, 4.69) is 36.4 Å². The van der Waals surface area contributed by atoms with Crippen molar-refractivity contribution in [3.63, 3.8) is 0 Å². The van der Waals surface area contributed by atoms with Gasteiger partial charge in [0.15, 0.2) is 11.5 Å². The molecule has 5 aliphatic rings. The molecule has 328 valence electrons. The van der Waals surface area contributed by atoms with Crippen LogP contribution in [0.2, 0.25) is 10.0 Å². The minimum atomic E-state index is -0.973. The third-order valence-electron chi connectivity index (χ3n) is 13.2. The summed E-state index contributed by atoms with van der Waals surface area (Å²) in [4.78, 5) is 64.2. The van der Waals surface area contributed by atoms with Gasteiger partial charge in [-0.1, -0.05) is 23.2 Å². The molecule has 1 aromatic heterocycles. The standard InChI is InChI=1S/C46H48Cl2N8O7/c1-61-39-20-37(34(47)18-35(39)48)51-43-27(21-49)22-50-36-19-41(40(62-2)17-33(36)43)63-15-3-12-53-13-10-26(11-14-53)23-54-24-29-4-5-30(25-54)55(29)28-6-7-31-32(16-28)46(60)56(45(31)59)38-8-9-42(57)52-44(38)58/h6-7,16-20,22,26,29-30,38H,3-5,8-15,23-25H2,1-2H3,(H,50,51)(H,52,57,58). The molecule has 4 saturated heterocycles. The Kier molecular flexibility index (Phi) is 12.1. The highest BCUT2D eigenvalue weighted by Gasteiger charge is 2.46. The molecular weight excluding hydrogens is 847 g/mol. The predicted molar refractivity (Wildman–Crippen MR) is 237 cm³/mol. The maximum Gasteiger partial charge on any atom is 0.262 e. The van der Waals surface area contributed by atoms with Crippen molar-refractivity contribution in [3.8, 4) is 23.3 Å². The van der Waals surface area contributed by atoms with Crippen LogP contribution in [0.3, 0.4) is 0 Å². The zero-order chi connectivity index (χ0) is 43.9. The number of carbonyl (C=O) groups excluding carboxylic acids is 4. The maximum absolute atomic E-state index is 13.5. The Morgan fingerprint density at radius 3 is 2.32 bits per heavy atom. The number of nitrogens with zero attached hydrogens (tertiary/aromatic N) is 6. The van der Waals surface area contributed by atoms with Gasteiger partial charge in [-0.3, -0.25) is 39.3 Å². The first-order valence-corrected chi connectivity index (χ1v) is 22.2.